The summed E-state index contributed by atoms with van der Waals surface area (Å²) in [6.45, 7) is 0.0294. The molecule has 7 nitrogen and oxygen atoms in total. The van der Waals surface area contributed by atoms with Crippen molar-refractivity contribution in [2.75, 3.05) is 4.90 Å². The number of rotatable bonds is 6. The van der Waals surface area contributed by atoms with Crippen molar-refractivity contribution in [1.29, 1.82) is 0 Å². The Labute approximate surface area is 176 Å². The number of aliphatic hydroxyl groups is 1. The number of hydrogen-bond acceptors (Lipinski definition) is 5. The van der Waals surface area contributed by atoms with E-state index >= 15 is 0 Å². The lowest BCUT2D eigenvalue weighted by Gasteiger charge is -2.23. The van der Waals surface area contributed by atoms with Crippen LogP contribution in [0.2, 0.25) is 0 Å². The number of para-hydroxylation sites is 1. The first-order chi connectivity index (χ1) is 14.8. The topological polar surface area (TPSA) is 101 Å². The van der Waals surface area contributed by atoms with Gasteiger partial charge in [-0.15, -0.1) is 0 Å². The number of Topliss-reactive ketones (excluding diaryl/α,β-unsaturated/α-hetero) is 1. The van der Waals surface area contributed by atoms with E-state index in [0.29, 0.717) is 11.3 Å². The van der Waals surface area contributed by atoms with Gasteiger partial charge in [0.05, 0.1) is 23.6 Å². The van der Waals surface area contributed by atoms with Gasteiger partial charge in [0.2, 0.25) is 0 Å². The molecule has 0 aliphatic carbocycles. The molecule has 0 fully saturated rings. The Kier molecular flexibility index (Phi) is 5.08. The van der Waals surface area contributed by atoms with E-state index in [2.05, 4.69) is 0 Å². The van der Waals surface area contributed by atoms with Gasteiger partial charge in [-0.3, -0.25) is 19.7 Å². The SMILES string of the molecule is O=C(CC1(O)C(=O)N(Cc2cccc(F)c2)c2ccccc21)c1ccc([N+](=O)[O-])cc1. The molecule has 1 N–H and O–H groups in total. The highest BCUT2D eigenvalue weighted by Gasteiger charge is 2.50. The lowest BCUT2D eigenvalue weighted by atomic mass is 9.88. The van der Waals surface area contributed by atoms with Crippen LogP contribution in [0.4, 0.5) is 15.8 Å². The third-order valence-electron chi connectivity index (χ3n) is 5.29. The molecular formula is C23H17FN2O5. The van der Waals surface area contributed by atoms with Crippen molar-refractivity contribution < 1.29 is 24.0 Å². The van der Waals surface area contributed by atoms with E-state index in [0.717, 1.165) is 0 Å². The Bertz CT molecular complexity index is 1190. The lowest BCUT2D eigenvalue weighted by Crippen LogP contribution is -2.41. The molecule has 1 atom stereocenters. The fourth-order valence-electron chi connectivity index (χ4n) is 3.76. The number of anilines is 1. The van der Waals surface area contributed by atoms with Gasteiger partial charge >= 0.3 is 0 Å². The minimum absolute atomic E-state index is 0.0294. The van der Waals surface area contributed by atoms with Gasteiger partial charge < -0.3 is 10.0 Å². The highest BCUT2D eigenvalue weighted by molar-refractivity contribution is 6.10. The molecule has 156 valence electrons. The van der Waals surface area contributed by atoms with Crippen LogP contribution >= 0.6 is 0 Å². The molecule has 0 saturated carbocycles. The highest BCUT2D eigenvalue weighted by atomic mass is 19.1. The third-order valence-corrected chi connectivity index (χ3v) is 5.29. The minimum Gasteiger partial charge on any atom is -0.375 e. The average Bonchev–Trinajstić information content (AvgIpc) is 2.96. The number of benzene rings is 3. The van der Waals surface area contributed by atoms with Gasteiger partial charge in [-0.25, -0.2) is 4.39 Å². The Morgan fingerprint density at radius 3 is 2.45 bits per heavy atom. The Morgan fingerprint density at radius 2 is 1.77 bits per heavy atom. The summed E-state index contributed by atoms with van der Waals surface area (Å²) in [5.74, 6) is -1.66. The summed E-state index contributed by atoms with van der Waals surface area (Å²) >= 11 is 0. The Morgan fingerprint density at radius 1 is 1.06 bits per heavy atom. The molecule has 0 saturated heterocycles. The lowest BCUT2D eigenvalue weighted by molar-refractivity contribution is -0.384. The minimum atomic E-state index is -2.09. The number of hydrogen-bond donors (Lipinski definition) is 1. The van der Waals surface area contributed by atoms with Crippen molar-refractivity contribution in [3.05, 3.63) is 105 Å². The predicted octanol–water partition coefficient (Wildman–Crippen LogP) is 3.74. The van der Waals surface area contributed by atoms with Crippen LogP contribution in [0.5, 0.6) is 0 Å². The predicted molar refractivity (Wildman–Crippen MR) is 110 cm³/mol. The molecule has 0 radical (unpaired) electrons. The van der Waals surface area contributed by atoms with E-state index in [1.807, 2.05) is 0 Å². The average molecular weight is 420 g/mol. The molecule has 1 heterocycles. The second kappa shape index (κ2) is 7.73. The number of non-ortho nitro benzene ring substituents is 1. The van der Waals surface area contributed by atoms with Crippen LogP contribution in [-0.4, -0.2) is 21.7 Å². The standard InChI is InChI=1S/C23H17FN2O5/c24-17-5-3-4-15(12-17)14-25-20-7-2-1-6-19(20)23(29,22(25)28)13-21(27)16-8-10-18(11-9-16)26(30)31/h1-12,29H,13-14H2. The summed E-state index contributed by atoms with van der Waals surface area (Å²) in [5, 5.41) is 22.1. The van der Waals surface area contributed by atoms with Crippen LogP contribution < -0.4 is 4.90 Å². The molecule has 0 aromatic heterocycles. The molecule has 31 heavy (non-hydrogen) atoms. The van der Waals surface area contributed by atoms with Gasteiger partial charge in [0.1, 0.15) is 5.82 Å². The number of nitrogens with zero attached hydrogens (tertiary/aromatic N) is 2. The maximum atomic E-state index is 13.6. The Hall–Kier alpha value is -3.91. The van der Waals surface area contributed by atoms with E-state index < -0.39 is 34.5 Å². The van der Waals surface area contributed by atoms with Gasteiger partial charge in [-0.1, -0.05) is 30.3 Å². The van der Waals surface area contributed by atoms with E-state index in [9.17, 15) is 29.2 Å². The number of fused-ring (bicyclic) bond motifs is 1. The van der Waals surface area contributed by atoms with E-state index in [1.54, 1.807) is 30.3 Å². The number of halogens is 1. The highest BCUT2D eigenvalue weighted by Crippen LogP contribution is 2.43. The van der Waals surface area contributed by atoms with Crippen molar-refractivity contribution in [3.8, 4) is 0 Å². The van der Waals surface area contributed by atoms with Gasteiger partial charge in [-0.05, 0) is 35.9 Å². The fourth-order valence-corrected chi connectivity index (χ4v) is 3.76. The number of amides is 1. The van der Waals surface area contributed by atoms with E-state index in [-0.39, 0.29) is 23.4 Å². The maximum absolute atomic E-state index is 13.6. The van der Waals surface area contributed by atoms with Gasteiger partial charge in [0, 0.05) is 23.3 Å². The van der Waals surface area contributed by atoms with E-state index in [1.165, 1.54) is 47.4 Å². The summed E-state index contributed by atoms with van der Waals surface area (Å²) in [6, 6.07) is 17.3. The van der Waals surface area contributed by atoms with Crippen LogP contribution in [0.1, 0.15) is 27.9 Å². The number of carbonyl (C=O) groups is 2. The fraction of sp³-hybridized carbons (Fsp3) is 0.130. The summed E-state index contributed by atoms with van der Waals surface area (Å²) in [4.78, 5) is 37.6. The van der Waals surface area contributed by atoms with Crippen LogP contribution in [-0.2, 0) is 16.9 Å². The van der Waals surface area contributed by atoms with Crippen LogP contribution in [0.3, 0.4) is 0 Å². The molecule has 1 amide bonds. The molecule has 1 unspecified atom stereocenters. The summed E-state index contributed by atoms with van der Waals surface area (Å²) in [7, 11) is 0. The zero-order valence-electron chi connectivity index (χ0n) is 16.2. The molecule has 4 rings (SSSR count). The van der Waals surface area contributed by atoms with Crippen LogP contribution in [0.15, 0.2) is 72.8 Å². The van der Waals surface area contributed by atoms with Gasteiger partial charge in [0.25, 0.3) is 11.6 Å². The summed E-state index contributed by atoms with van der Waals surface area (Å²) in [5.41, 5.74) is -0.855. The van der Waals surface area contributed by atoms with Crippen molar-refractivity contribution >= 4 is 23.1 Å². The van der Waals surface area contributed by atoms with Gasteiger partial charge in [-0.2, -0.15) is 0 Å². The number of carbonyl (C=O) groups excluding carboxylic acids is 2. The molecule has 1 aliphatic rings. The zero-order valence-corrected chi connectivity index (χ0v) is 16.2. The molecular weight excluding hydrogens is 403 g/mol. The smallest absolute Gasteiger partial charge is 0.269 e. The first-order valence-corrected chi connectivity index (χ1v) is 9.45. The molecule has 0 bridgehead atoms. The van der Waals surface area contributed by atoms with Crippen LogP contribution in [0, 0.1) is 15.9 Å². The first kappa shape index (κ1) is 20.4. The number of ketones is 1. The van der Waals surface area contributed by atoms with Gasteiger partial charge in [0.15, 0.2) is 11.4 Å². The molecule has 0 spiro atoms. The maximum Gasteiger partial charge on any atom is 0.269 e. The second-order valence-corrected chi connectivity index (χ2v) is 7.30. The summed E-state index contributed by atoms with van der Waals surface area (Å²) in [6.07, 6.45) is -0.527. The second-order valence-electron chi connectivity index (χ2n) is 7.30. The first-order valence-electron chi connectivity index (χ1n) is 9.45. The van der Waals surface area contributed by atoms with Crippen molar-refractivity contribution in [1.82, 2.24) is 0 Å². The molecule has 8 heteroatoms. The quantitative estimate of drug-likeness (QED) is 0.372. The molecule has 1 aliphatic heterocycles. The molecule has 3 aromatic carbocycles. The summed E-state index contributed by atoms with van der Waals surface area (Å²) < 4.78 is 13.6. The third kappa shape index (κ3) is 3.69. The number of nitro groups is 1. The van der Waals surface area contributed by atoms with Crippen molar-refractivity contribution in [2.24, 2.45) is 0 Å². The molecule has 3 aromatic rings. The monoisotopic (exact) mass is 420 g/mol. The van der Waals surface area contributed by atoms with Crippen molar-refractivity contribution in [3.63, 3.8) is 0 Å². The Balaban J connectivity index is 1.64. The van der Waals surface area contributed by atoms with Crippen LogP contribution in [0.25, 0.3) is 0 Å². The largest absolute Gasteiger partial charge is 0.375 e. The number of nitro benzene ring substituents is 1. The normalized spacial score (nSPS) is 17.5. The van der Waals surface area contributed by atoms with E-state index in [4.69, 9.17) is 0 Å². The zero-order chi connectivity index (χ0) is 22.2. The van der Waals surface area contributed by atoms with Crippen molar-refractivity contribution in [2.45, 2.75) is 18.6 Å².